The van der Waals surface area contributed by atoms with E-state index in [2.05, 4.69) is 20.5 Å². The molecule has 1 aliphatic rings. The molecule has 0 spiro atoms. The van der Waals surface area contributed by atoms with Gasteiger partial charge in [0.1, 0.15) is 11.4 Å². The van der Waals surface area contributed by atoms with Crippen LogP contribution in [0.2, 0.25) is 0 Å². The molecular formula is C29H37N5O5. The van der Waals surface area contributed by atoms with Crippen molar-refractivity contribution < 1.29 is 23.9 Å². The third kappa shape index (κ3) is 7.89. The van der Waals surface area contributed by atoms with Crippen LogP contribution in [0.5, 0.6) is 5.75 Å². The molecule has 2 aromatic carbocycles. The van der Waals surface area contributed by atoms with Gasteiger partial charge in [-0.05, 0) is 75.2 Å². The molecule has 3 amide bonds. The minimum absolute atomic E-state index is 0.0309. The third-order valence-corrected chi connectivity index (χ3v) is 6.35. The summed E-state index contributed by atoms with van der Waals surface area (Å²) in [4.78, 5) is 43.2. The average molecular weight is 536 g/mol. The minimum Gasteiger partial charge on any atom is -0.484 e. The van der Waals surface area contributed by atoms with E-state index in [9.17, 15) is 14.4 Å². The van der Waals surface area contributed by atoms with Crippen LogP contribution in [0.1, 0.15) is 33.3 Å². The van der Waals surface area contributed by atoms with E-state index in [1.165, 1.54) is 6.92 Å². The standard InChI is InChI=1S/C29H37N5O5/c1-20(35)32-22-5-7-23(8-6-22)33-13-15-34(16-14-33)27(36)19-38-24-9-10-26-25(17-24)21(18-31-26)11-12-30-28(37)39-29(2,3)4/h5-10,17-18,31H,11-16,19H2,1-4H3,(H,30,37)(H,32,35). The van der Waals surface area contributed by atoms with Gasteiger partial charge in [0.25, 0.3) is 5.91 Å². The number of rotatable bonds is 8. The van der Waals surface area contributed by atoms with Crippen molar-refractivity contribution in [1.82, 2.24) is 15.2 Å². The van der Waals surface area contributed by atoms with Gasteiger partial charge >= 0.3 is 6.09 Å². The van der Waals surface area contributed by atoms with Crippen molar-refractivity contribution in [3.63, 3.8) is 0 Å². The second kappa shape index (κ2) is 12.1. The molecule has 0 aliphatic carbocycles. The second-order valence-corrected chi connectivity index (χ2v) is 10.6. The van der Waals surface area contributed by atoms with E-state index in [1.807, 2.05) is 74.3 Å². The van der Waals surface area contributed by atoms with Gasteiger partial charge in [0.15, 0.2) is 6.61 Å². The number of carbonyl (C=O) groups excluding carboxylic acids is 3. The number of anilines is 2. The summed E-state index contributed by atoms with van der Waals surface area (Å²) in [6.07, 6.45) is 2.11. The van der Waals surface area contributed by atoms with Crippen LogP contribution in [0.4, 0.5) is 16.2 Å². The summed E-state index contributed by atoms with van der Waals surface area (Å²) in [5, 5.41) is 6.54. The van der Waals surface area contributed by atoms with Crippen molar-refractivity contribution in [2.24, 2.45) is 0 Å². The van der Waals surface area contributed by atoms with Gasteiger partial charge in [-0.3, -0.25) is 9.59 Å². The highest BCUT2D eigenvalue weighted by Crippen LogP contribution is 2.25. The zero-order valence-electron chi connectivity index (χ0n) is 23.0. The number of H-pyrrole nitrogens is 1. The number of hydrogen-bond donors (Lipinski definition) is 3. The zero-order chi connectivity index (χ0) is 28.0. The maximum Gasteiger partial charge on any atom is 0.407 e. The van der Waals surface area contributed by atoms with E-state index in [0.29, 0.717) is 31.8 Å². The van der Waals surface area contributed by atoms with Gasteiger partial charge in [-0.2, -0.15) is 0 Å². The molecule has 39 heavy (non-hydrogen) atoms. The highest BCUT2D eigenvalue weighted by Gasteiger charge is 2.22. The lowest BCUT2D eigenvalue weighted by Crippen LogP contribution is -2.50. The number of alkyl carbamates (subject to hydrolysis) is 1. The Bertz CT molecular complexity index is 1300. The molecule has 0 unspecified atom stereocenters. The lowest BCUT2D eigenvalue weighted by molar-refractivity contribution is -0.133. The summed E-state index contributed by atoms with van der Waals surface area (Å²) in [5.74, 6) is 0.472. The first-order chi connectivity index (χ1) is 18.6. The molecule has 208 valence electrons. The summed E-state index contributed by atoms with van der Waals surface area (Å²) in [6, 6.07) is 13.4. The Balaban J connectivity index is 1.25. The van der Waals surface area contributed by atoms with Crippen molar-refractivity contribution in [3.05, 3.63) is 54.2 Å². The number of hydrogen-bond acceptors (Lipinski definition) is 6. The molecule has 10 heteroatoms. The number of fused-ring (bicyclic) bond motifs is 1. The van der Waals surface area contributed by atoms with E-state index in [4.69, 9.17) is 9.47 Å². The lowest BCUT2D eigenvalue weighted by Gasteiger charge is -2.36. The predicted octanol–water partition coefficient (Wildman–Crippen LogP) is 3.92. The molecule has 0 radical (unpaired) electrons. The fourth-order valence-electron chi connectivity index (χ4n) is 4.48. The summed E-state index contributed by atoms with van der Waals surface area (Å²) in [5.41, 5.74) is 3.29. The monoisotopic (exact) mass is 535 g/mol. The van der Waals surface area contributed by atoms with Gasteiger partial charge in [0.05, 0.1) is 0 Å². The number of nitrogens with one attached hydrogen (secondary N) is 3. The number of carbonyl (C=O) groups is 3. The van der Waals surface area contributed by atoms with Gasteiger partial charge in [-0.15, -0.1) is 0 Å². The highest BCUT2D eigenvalue weighted by atomic mass is 16.6. The average Bonchev–Trinajstić information content (AvgIpc) is 3.28. The first kappa shape index (κ1) is 27.8. The molecule has 1 aliphatic heterocycles. The Morgan fingerprint density at radius 1 is 1.00 bits per heavy atom. The van der Waals surface area contributed by atoms with Crippen molar-refractivity contribution in [3.8, 4) is 5.75 Å². The molecule has 10 nitrogen and oxygen atoms in total. The summed E-state index contributed by atoms with van der Waals surface area (Å²) < 4.78 is 11.1. The normalized spacial score (nSPS) is 13.7. The molecule has 3 aromatic rings. The Morgan fingerprint density at radius 3 is 2.38 bits per heavy atom. The van der Waals surface area contributed by atoms with Crippen LogP contribution in [0, 0.1) is 0 Å². The number of aromatic nitrogens is 1. The van der Waals surface area contributed by atoms with Gasteiger partial charge < -0.3 is 34.9 Å². The van der Waals surface area contributed by atoms with Crippen molar-refractivity contribution >= 4 is 40.2 Å². The largest absolute Gasteiger partial charge is 0.484 e. The number of aromatic amines is 1. The fraction of sp³-hybridized carbons (Fsp3) is 0.414. The Labute approximate surface area is 228 Å². The highest BCUT2D eigenvalue weighted by molar-refractivity contribution is 5.89. The maximum atomic E-state index is 12.8. The van der Waals surface area contributed by atoms with E-state index < -0.39 is 11.7 Å². The van der Waals surface area contributed by atoms with Gasteiger partial charge in [-0.25, -0.2) is 4.79 Å². The van der Waals surface area contributed by atoms with Crippen LogP contribution in [0.15, 0.2) is 48.7 Å². The van der Waals surface area contributed by atoms with Crippen LogP contribution in [0.3, 0.4) is 0 Å². The second-order valence-electron chi connectivity index (χ2n) is 10.6. The molecule has 0 bridgehead atoms. The summed E-state index contributed by atoms with van der Waals surface area (Å²) in [6.45, 7) is 10.1. The van der Waals surface area contributed by atoms with Gasteiger partial charge in [0, 0.05) is 68.1 Å². The van der Waals surface area contributed by atoms with Crippen LogP contribution in [0.25, 0.3) is 10.9 Å². The SMILES string of the molecule is CC(=O)Nc1ccc(N2CCN(C(=O)COc3ccc4[nH]cc(CCNC(=O)OC(C)(C)C)c4c3)CC2)cc1. The lowest BCUT2D eigenvalue weighted by atomic mass is 10.1. The van der Waals surface area contributed by atoms with E-state index in [-0.39, 0.29) is 18.4 Å². The molecule has 1 aromatic heterocycles. The number of amides is 3. The minimum atomic E-state index is -0.538. The van der Waals surface area contributed by atoms with Crippen LogP contribution in [-0.2, 0) is 20.7 Å². The summed E-state index contributed by atoms with van der Waals surface area (Å²) in [7, 11) is 0. The van der Waals surface area contributed by atoms with E-state index >= 15 is 0 Å². The molecule has 4 rings (SSSR count). The molecular weight excluding hydrogens is 498 g/mol. The Morgan fingerprint density at radius 2 is 1.72 bits per heavy atom. The van der Waals surface area contributed by atoms with E-state index in [0.717, 1.165) is 40.9 Å². The number of nitrogens with zero attached hydrogens (tertiary/aromatic N) is 2. The molecule has 3 N–H and O–H groups in total. The van der Waals surface area contributed by atoms with Crippen molar-refractivity contribution in [2.75, 3.05) is 49.5 Å². The predicted molar refractivity (Wildman–Crippen MR) is 151 cm³/mol. The molecule has 0 atom stereocenters. The smallest absolute Gasteiger partial charge is 0.407 e. The molecule has 1 saturated heterocycles. The third-order valence-electron chi connectivity index (χ3n) is 6.35. The quantitative estimate of drug-likeness (QED) is 0.403. The first-order valence-corrected chi connectivity index (χ1v) is 13.2. The van der Waals surface area contributed by atoms with E-state index in [1.54, 1.807) is 0 Å². The van der Waals surface area contributed by atoms with Crippen LogP contribution >= 0.6 is 0 Å². The Kier molecular flexibility index (Phi) is 8.63. The molecule has 0 saturated carbocycles. The van der Waals surface area contributed by atoms with Crippen molar-refractivity contribution in [2.45, 2.75) is 39.7 Å². The fourth-order valence-corrected chi connectivity index (χ4v) is 4.48. The first-order valence-electron chi connectivity index (χ1n) is 13.2. The Hall–Kier alpha value is -4.21. The number of piperazine rings is 1. The molecule has 2 heterocycles. The molecule has 1 fully saturated rings. The summed E-state index contributed by atoms with van der Waals surface area (Å²) >= 11 is 0. The topological polar surface area (TPSA) is 116 Å². The number of benzene rings is 2. The number of ether oxygens (including phenoxy) is 2. The maximum absolute atomic E-state index is 12.8. The van der Waals surface area contributed by atoms with Crippen LogP contribution < -0.4 is 20.3 Å². The van der Waals surface area contributed by atoms with Crippen LogP contribution in [-0.4, -0.2) is 72.7 Å². The van der Waals surface area contributed by atoms with Gasteiger partial charge in [0.2, 0.25) is 5.91 Å². The zero-order valence-corrected chi connectivity index (χ0v) is 23.0. The van der Waals surface area contributed by atoms with Crippen molar-refractivity contribution in [1.29, 1.82) is 0 Å². The van der Waals surface area contributed by atoms with Gasteiger partial charge in [-0.1, -0.05) is 0 Å².